The molecule has 110 valence electrons. The Hall–Kier alpha value is -1.72. The molecule has 0 bridgehead atoms. The third-order valence-corrected chi connectivity index (χ3v) is 4.69. The molecule has 21 heavy (non-hydrogen) atoms. The van der Waals surface area contributed by atoms with Crippen LogP contribution in [0.4, 0.5) is 5.69 Å². The first-order chi connectivity index (χ1) is 10.2. The molecule has 1 aromatic carbocycles. The Morgan fingerprint density at radius 2 is 2.10 bits per heavy atom. The van der Waals surface area contributed by atoms with Crippen LogP contribution in [-0.2, 0) is 6.54 Å². The molecule has 1 aromatic heterocycles. The highest BCUT2D eigenvalue weighted by molar-refractivity contribution is 7.13. The van der Waals surface area contributed by atoms with E-state index in [1.807, 2.05) is 0 Å². The van der Waals surface area contributed by atoms with Gasteiger partial charge in [-0.25, -0.2) is 4.98 Å². The molecule has 0 radical (unpaired) electrons. The van der Waals surface area contributed by atoms with E-state index in [2.05, 4.69) is 46.0 Å². The van der Waals surface area contributed by atoms with Crippen molar-refractivity contribution in [3.05, 3.63) is 45.9 Å². The Balaban J connectivity index is 1.56. The Labute approximate surface area is 129 Å². The van der Waals surface area contributed by atoms with E-state index in [1.54, 1.807) is 6.20 Å². The fourth-order valence-corrected chi connectivity index (χ4v) is 3.41. The molecule has 0 aliphatic carbocycles. The van der Waals surface area contributed by atoms with Crippen molar-refractivity contribution >= 4 is 23.3 Å². The summed E-state index contributed by atoms with van der Waals surface area (Å²) in [6.45, 7) is 7.12. The number of aryl methyl sites for hydroxylation is 1. The second kappa shape index (κ2) is 6.37. The second-order valence-electron chi connectivity index (χ2n) is 5.38. The molecule has 0 unspecified atom stereocenters. The fraction of sp³-hybridized carbons (Fsp3) is 0.375. The first-order valence-electron chi connectivity index (χ1n) is 7.18. The van der Waals surface area contributed by atoms with Gasteiger partial charge in [-0.05, 0) is 24.6 Å². The zero-order valence-electron chi connectivity index (χ0n) is 12.2. The Morgan fingerprint density at radius 3 is 2.76 bits per heavy atom. The van der Waals surface area contributed by atoms with Gasteiger partial charge in [-0.15, -0.1) is 11.3 Å². The summed E-state index contributed by atoms with van der Waals surface area (Å²) < 4.78 is 0. The second-order valence-corrected chi connectivity index (χ2v) is 6.52. The summed E-state index contributed by atoms with van der Waals surface area (Å²) >= 11 is 1.49. The first kappa shape index (κ1) is 14.2. The number of anilines is 1. The Morgan fingerprint density at radius 1 is 1.29 bits per heavy atom. The molecule has 1 aliphatic rings. The molecule has 0 saturated carbocycles. The van der Waals surface area contributed by atoms with E-state index in [9.17, 15) is 4.79 Å². The Bertz CT molecular complexity index is 617. The lowest BCUT2D eigenvalue weighted by Crippen LogP contribution is -2.45. The van der Waals surface area contributed by atoms with E-state index < -0.39 is 0 Å². The van der Waals surface area contributed by atoms with Gasteiger partial charge in [0.25, 0.3) is 0 Å². The van der Waals surface area contributed by atoms with Crippen LogP contribution in [0.25, 0.3) is 0 Å². The molecule has 4 nitrogen and oxygen atoms in total. The van der Waals surface area contributed by atoms with Crippen LogP contribution in [0.15, 0.2) is 30.5 Å². The van der Waals surface area contributed by atoms with Gasteiger partial charge in [0, 0.05) is 38.1 Å². The van der Waals surface area contributed by atoms with Crippen molar-refractivity contribution in [3.63, 3.8) is 0 Å². The van der Waals surface area contributed by atoms with Gasteiger partial charge in [-0.3, -0.25) is 9.69 Å². The smallest absolute Gasteiger partial charge is 0.161 e. The minimum atomic E-state index is 0.711. The molecule has 0 atom stereocenters. The van der Waals surface area contributed by atoms with Crippen molar-refractivity contribution in [2.75, 3.05) is 31.1 Å². The summed E-state index contributed by atoms with van der Waals surface area (Å²) in [6, 6.07) is 8.67. The van der Waals surface area contributed by atoms with Crippen LogP contribution in [0.1, 0.15) is 20.2 Å². The van der Waals surface area contributed by atoms with Gasteiger partial charge in [0.05, 0.1) is 11.4 Å². The minimum absolute atomic E-state index is 0.711. The quantitative estimate of drug-likeness (QED) is 0.813. The summed E-state index contributed by atoms with van der Waals surface area (Å²) in [5.74, 6) is 0. The van der Waals surface area contributed by atoms with Crippen LogP contribution in [0.5, 0.6) is 0 Å². The predicted octanol–water partition coefficient (Wildman–Crippen LogP) is 2.59. The average Bonchev–Trinajstić information content (AvgIpc) is 2.96. The van der Waals surface area contributed by atoms with Gasteiger partial charge >= 0.3 is 0 Å². The van der Waals surface area contributed by atoms with Gasteiger partial charge in [0.2, 0.25) is 0 Å². The summed E-state index contributed by atoms with van der Waals surface area (Å²) in [5, 5.41) is 1.03. The lowest BCUT2D eigenvalue weighted by Gasteiger charge is -2.35. The number of hydrogen-bond acceptors (Lipinski definition) is 5. The van der Waals surface area contributed by atoms with Crippen molar-refractivity contribution in [2.24, 2.45) is 0 Å². The van der Waals surface area contributed by atoms with Gasteiger partial charge in [0.1, 0.15) is 5.01 Å². The molecule has 0 spiro atoms. The fourth-order valence-electron chi connectivity index (χ4n) is 2.63. The molecular formula is C16H19N3OS. The maximum absolute atomic E-state index is 10.7. The number of hydrogen-bond donors (Lipinski definition) is 0. The minimum Gasteiger partial charge on any atom is -0.369 e. The van der Waals surface area contributed by atoms with E-state index >= 15 is 0 Å². The van der Waals surface area contributed by atoms with E-state index in [-0.39, 0.29) is 0 Å². The van der Waals surface area contributed by atoms with Crippen LogP contribution < -0.4 is 4.90 Å². The molecule has 2 aromatic rings. The van der Waals surface area contributed by atoms with Gasteiger partial charge in [0.15, 0.2) is 6.29 Å². The summed E-state index contributed by atoms with van der Waals surface area (Å²) in [4.78, 5) is 20.5. The molecule has 0 amide bonds. The van der Waals surface area contributed by atoms with E-state index in [4.69, 9.17) is 0 Å². The third kappa shape index (κ3) is 3.49. The first-order valence-corrected chi connectivity index (χ1v) is 8.00. The van der Waals surface area contributed by atoms with Gasteiger partial charge in [-0.1, -0.05) is 12.1 Å². The lowest BCUT2D eigenvalue weighted by atomic mass is 10.2. The van der Waals surface area contributed by atoms with Crippen molar-refractivity contribution in [2.45, 2.75) is 13.5 Å². The normalized spacial score (nSPS) is 16.1. The highest BCUT2D eigenvalue weighted by atomic mass is 32.1. The van der Waals surface area contributed by atoms with Crippen molar-refractivity contribution in [1.82, 2.24) is 9.88 Å². The highest BCUT2D eigenvalue weighted by Gasteiger charge is 2.18. The zero-order chi connectivity index (χ0) is 14.7. The zero-order valence-corrected chi connectivity index (χ0v) is 13.0. The number of piperazine rings is 1. The number of carbonyl (C=O) groups is 1. The van der Waals surface area contributed by atoms with Crippen molar-refractivity contribution < 1.29 is 4.79 Å². The molecule has 2 heterocycles. The Kier molecular flexibility index (Phi) is 4.31. The molecule has 3 rings (SSSR count). The van der Waals surface area contributed by atoms with Crippen LogP contribution in [-0.4, -0.2) is 42.3 Å². The number of benzene rings is 1. The molecule has 5 heteroatoms. The molecule has 1 fully saturated rings. The van der Waals surface area contributed by atoms with E-state index in [0.717, 1.165) is 44.0 Å². The topological polar surface area (TPSA) is 36.4 Å². The largest absolute Gasteiger partial charge is 0.369 e. The van der Waals surface area contributed by atoms with Crippen LogP contribution >= 0.6 is 11.3 Å². The summed E-state index contributed by atoms with van der Waals surface area (Å²) in [6.07, 6.45) is 2.53. The van der Waals surface area contributed by atoms with Gasteiger partial charge in [-0.2, -0.15) is 0 Å². The van der Waals surface area contributed by atoms with Crippen LogP contribution in [0.2, 0.25) is 0 Å². The summed E-state index contributed by atoms with van der Waals surface area (Å²) in [7, 11) is 0. The monoisotopic (exact) mass is 301 g/mol. The molecule has 0 N–H and O–H groups in total. The lowest BCUT2D eigenvalue weighted by molar-refractivity contribution is 0.112. The SMILES string of the molecule is Cc1cccc(N2CCN(Cc3ncc(C=O)s3)CC2)c1. The average molecular weight is 301 g/mol. The number of rotatable bonds is 4. The van der Waals surface area contributed by atoms with E-state index in [0.29, 0.717) is 4.88 Å². The maximum atomic E-state index is 10.7. The van der Waals surface area contributed by atoms with E-state index in [1.165, 1.54) is 22.6 Å². The third-order valence-electron chi connectivity index (χ3n) is 3.79. The standard InChI is InChI=1S/C16H19N3OS/c1-13-3-2-4-14(9-13)19-7-5-18(6-8-19)11-16-17-10-15(12-20)21-16/h2-4,9-10,12H,5-8,11H2,1H3. The number of aldehydes is 1. The number of nitrogens with zero attached hydrogens (tertiary/aromatic N) is 3. The molecule has 1 saturated heterocycles. The summed E-state index contributed by atoms with van der Waals surface area (Å²) in [5.41, 5.74) is 2.62. The number of carbonyl (C=O) groups excluding carboxylic acids is 1. The number of aromatic nitrogens is 1. The highest BCUT2D eigenvalue weighted by Crippen LogP contribution is 2.19. The van der Waals surface area contributed by atoms with Crippen molar-refractivity contribution in [3.8, 4) is 0 Å². The predicted molar refractivity (Wildman–Crippen MR) is 86.2 cm³/mol. The van der Waals surface area contributed by atoms with Crippen LogP contribution in [0.3, 0.4) is 0 Å². The number of thiazole rings is 1. The molecular weight excluding hydrogens is 282 g/mol. The maximum Gasteiger partial charge on any atom is 0.161 e. The van der Waals surface area contributed by atoms with Crippen molar-refractivity contribution in [1.29, 1.82) is 0 Å². The van der Waals surface area contributed by atoms with Crippen LogP contribution in [0, 0.1) is 6.92 Å². The van der Waals surface area contributed by atoms with Gasteiger partial charge < -0.3 is 4.90 Å². The molecule has 1 aliphatic heterocycles.